The van der Waals surface area contributed by atoms with Crippen LogP contribution in [0.4, 0.5) is 0 Å². The standard InChI is InChI=1S/C17H21N3O5/c1-18-14(10-21)17(24)20-7-6-19(9-13(20)16(18)23)15(22)11-4-3-5-12(8-11)25-2/h3-5,8,13-14,21H,6-7,9-10H2,1-2H3/t13-,14+/m1/s1. The van der Waals surface area contributed by atoms with Gasteiger partial charge in [-0.1, -0.05) is 6.07 Å². The van der Waals surface area contributed by atoms with E-state index in [1.807, 2.05) is 0 Å². The molecular weight excluding hydrogens is 326 g/mol. The molecule has 2 fully saturated rings. The molecule has 0 saturated carbocycles. The first-order valence-electron chi connectivity index (χ1n) is 8.09. The van der Waals surface area contributed by atoms with Gasteiger partial charge in [0.2, 0.25) is 11.8 Å². The third-order valence-electron chi connectivity index (χ3n) is 4.83. The van der Waals surface area contributed by atoms with E-state index >= 15 is 0 Å². The summed E-state index contributed by atoms with van der Waals surface area (Å²) in [4.78, 5) is 42.0. The molecule has 3 amide bonds. The van der Waals surface area contributed by atoms with E-state index in [-0.39, 0.29) is 30.8 Å². The number of nitrogens with zero attached hydrogens (tertiary/aromatic N) is 3. The van der Waals surface area contributed by atoms with Crippen LogP contribution in [-0.2, 0) is 9.59 Å². The van der Waals surface area contributed by atoms with E-state index in [0.29, 0.717) is 17.9 Å². The third-order valence-corrected chi connectivity index (χ3v) is 4.83. The van der Waals surface area contributed by atoms with E-state index in [1.165, 1.54) is 24.0 Å². The summed E-state index contributed by atoms with van der Waals surface area (Å²) >= 11 is 0. The van der Waals surface area contributed by atoms with Crippen LogP contribution in [0.5, 0.6) is 5.75 Å². The van der Waals surface area contributed by atoms with E-state index in [1.54, 1.807) is 29.2 Å². The molecule has 1 aromatic rings. The molecule has 25 heavy (non-hydrogen) atoms. The van der Waals surface area contributed by atoms with E-state index < -0.39 is 18.7 Å². The molecule has 0 spiro atoms. The molecule has 2 aliphatic rings. The Morgan fingerprint density at radius 2 is 2.04 bits per heavy atom. The predicted octanol–water partition coefficient (Wildman–Crippen LogP) is -0.819. The van der Waals surface area contributed by atoms with Gasteiger partial charge in [0.1, 0.15) is 17.8 Å². The molecule has 1 aromatic carbocycles. The fourth-order valence-electron chi connectivity index (χ4n) is 3.33. The van der Waals surface area contributed by atoms with Crippen LogP contribution in [0.2, 0.25) is 0 Å². The Morgan fingerprint density at radius 3 is 2.72 bits per heavy atom. The summed E-state index contributed by atoms with van der Waals surface area (Å²) in [5.41, 5.74) is 0.476. The molecule has 134 valence electrons. The van der Waals surface area contributed by atoms with Gasteiger partial charge in [-0.3, -0.25) is 14.4 Å². The van der Waals surface area contributed by atoms with Crippen LogP contribution in [0.15, 0.2) is 24.3 Å². The molecule has 1 N–H and O–H groups in total. The first-order valence-corrected chi connectivity index (χ1v) is 8.09. The van der Waals surface area contributed by atoms with Crippen LogP contribution in [0, 0.1) is 0 Å². The minimum atomic E-state index is -0.843. The van der Waals surface area contributed by atoms with Crippen molar-refractivity contribution in [3.63, 3.8) is 0 Å². The summed E-state index contributed by atoms with van der Waals surface area (Å²) in [6.45, 7) is 0.350. The molecule has 0 unspecified atom stereocenters. The van der Waals surface area contributed by atoms with Crippen molar-refractivity contribution >= 4 is 17.7 Å². The van der Waals surface area contributed by atoms with Crippen molar-refractivity contribution in [3.8, 4) is 5.75 Å². The lowest BCUT2D eigenvalue weighted by Crippen LogP contribution is -2.70. The molecule has 8 heteroatoms. The zero-order valence-corrected chi connectivity index (χ0v) is 14.2. The number of benzene rings is 1. The second kappa shape index (κ2) is 6.72. The summed E-state index contributed by atoms with van der Waals surface area (Å²) in [5, 5.41) is 9.36. The third kappa shape index (κ3) is 2.93. The molecule has 2 atom stereocenters. The number of carbonyl (C=O) groups is 3. The van der Waals surface area contributed by atoms with Crippen molar-refractivity contribution in [3.05, 3.63) is 29.8 Å². The maximum Gasteiger partial charge on any atom is 0.254 e. The van der Waals surface area contributed by atoms with Gasteiger partial charge >= 0.3 is 0 Å². The summed E-state index contributed by atoms with van der Waals surface area (Å²) < 4.78 is 5.14. The molecule has 0 bridgehead atoms. The number of fused-ring (bicyclic) bond motifs is 1. The summed E-state index contributed by atoms with van der Waals surface area (Å²) in [6.07, 6.45) is 0. The molecule has 2 saturated heterocycles. The van der Waals surface area contributed by atoms with Gasteiger partial charge in [0.15, 0.2) is 0 Å². The zero-order chi connectivity index (χ0) is 18.1. The first-order chi connectivity index (χ1) is 12.0. The minimum absolute atomic E-state index is 0.142. The van der Waals surface area contributed by atoms with Crippen LogP contribution in [0.3, 0.4) is 0 Å². The molecule has 0 aliphatic carbocycles. The highest BCUT2D eigenvalue weighted by atomic mass is 16.5. The van der Waals surface area contributed by atoms with Gasteiger partial charge in [0.25, 0.3) is 5.91 Å². The van der Waals surface area contributed by atoms with E-state index in [2.05, 4.69) is 0 Å². The number of likely N-dealkylation sites (N-methyl/N-ethyl adjacent to an activating group) is 1. The number of hydrogen-bond donors (Lipinski definition) is 1. The number of ether oxygens (including phenoxy) is 1. The SMILES string of the molecule is COc1cccc(C(=O)N2CCN3C(=O)[C@H](CO)N(C)C(=O)[C@H]3C2)c1. The van der Waals surface area contributed by atoms with Crippen molar-refractivity contribution < 1.29 is 24.2 Å². The van der Waals surface area contributed by atoms with Crippen molar-refractivity contribution in [2.75, 3.05) is 40.4 Å². The van der Waals surface area contributed by atoms with Gasteiger partial charge in [0.05, 0.1) is 20.3 Å². The maximum atomic E-state index is 12.7. The normalized spacial score (nSPS) is 23.6. The van der Waals surface area contributed by atoms with Crippen LogP contribution in [0.1, 0.15) is 10.4 Å². The van der Waals surface area contributed by atoms with Gasteiger partial charge in [-0.15, -0.1) is 0 Å². The van der Waals surface area contributed by atoms with Crippen LogP contribution < -0.4 is 4.74 Å². The summed E-state index contributed by atoms with van der Waals surface area (Å²) in [7, 11) is 3.03. The molecular formula is C17H21N3O5. The second-order valence-electron chi connectivity index (χ2n) is 6.18. The zero-order valence-electron chi connectivity index (χ0n) is 14.2. The Hall–Kier alpha value is -2.61. The monoisotopic (exact) mass is 347 g/mol. The molecule has 8 nitrogen and oxygen atoms in total. The topological polar surface area (TPSA) is 90.4 Å². The smallest absolute Gasteiger partial charge is 0.254 e. The van der Waals surface area contributed by atoms with Gasteiger partial charge in [-0.05, 0) is 18.2 Å². The number of rotatable bonds is 3. The Morgan fingerprint density at radius 1 is 1.28 bits per heavy atom. The van der Waals surface area contributed by atoms with Crippen LogP contribution in [-0.4, -0.2) is 90.0 Å². The number of piperazine rings is 2. The predicted molar refractivity (Wildman–Crippen MR) is 88.0 cm³/mol. The van der Waals surface area contributed by atoms with E-state index in [4.69, 9.17) is 4.74 Å². The highest BCUT2D eigenvalue weighted by molar-refractivity contribution is 5.99. The first kappa shape index (κ1) is 17.2. The Bertz CT molecular complexity index is 707. The Labute approximate surface area is 145 Å². The molecule has 2 heterocycles. The average molecular weight is 347 g/mol. The second-order valence-corrected chi connectivity index (χ2v) is 6.18. The molecule has 0 aromatic heterocycles. The lowest BCUT2D eigenvalue weighted by atomic mass is 10.0. The van der Waals surface area contributed by atoms with Gasteiger partial charge in [-0.2, -0.15) is 0 Å². The summed E-state index contributed by atoms with van der Waals surface area (Å²) in [5.74, 6) is -0.158. The number of hydrogen-bond acceptors (Lipinski definition) is 5. The fourth-order valence-corrected chi connectivity index (χ4v) is 3.33. The van der Waals surface area contributed by atoms with Gasteiger partial charge < -0.3 is 24.5 Å². The lowest BCUT2D eigenvalue weighted by molar-refractivity contribution is -0.164. The summed E-state index contributed by atoms with van der Waals surface area (Å²) in [6, 6.07) is 5.28. The highest BCUT2D eigenvalue weighted by Crippen LogP contribution is 2.23. The van der Waals surface area contributed by atoms with Crippen molar-refractivity contribution in [1.82, 2.24) is 14.7 Å². The van der Waals surface area contributed by atoms with Gasteiger partial charge in [-0.25, -0.2) is 0 Å². The molecule has 0 radical (unpaired) electrons. The van der Waals surface area contributed by atoms with Crippen molar-refractivity contribution in [2.45, 2.75) is 12.1 Å². The van der Waals surface area contributed by atoms with Gasteiger partial charge in [0, 0.05) is 25.7 Å². The average Bonchev–Trinajstić information content (AvgIpc) is 2.65. The highest BCUT2D eigenvalue weighted by Gasteiger charge is 2.47. The Balaban J connectivity index is 1.79. The Kier molecular flexibility index (Phi) is 4.63. The fraction of sp³-hybridized carbons (Fsp3) is 0.471. The number of methoxy groups -OCH3 is 1. The number of amides is 3. The number of aliphatic hydroxyl groups excluding tert-OH is 1. The van der Waals surface area contributed by atoms with Crippen LogP contribution in [0.25, 0.3) is 0 Å². The quantitative estimate of drug-likeness (QED) is 0.772. The van der Waals surface area contributed by atoms with E-state index in [0.717, 1.165) is 0 Å². The van der Waals surface area contributed by atoms with Crippen molar-refractivity contribution in [1.29, 1.82) is 0 Å². The van der Waals surface area contributed by atoms with Crippen molar-refractivity contribution in [2.24, 2.45) is 0 Å². The molecule has 3 rings (SSSR count). The number of carbonyl (C=O) groups excluding carboxylic acids is 3. The van der Waals surface area contributed by atoms with E-state index in [9.17, 15) is 19.5 Å². The maximum absolute atomic E-state index is 12.7. The number of aliphatic hydroxyl groups is 1. The van der Waals surface area contributed by atoms with Crippen LogP contribution >= 0.6 is 0 Å². The lowest BCUT2D eigenvalue weighted by Gasteiger charge is -2.47. The largest absolute Gasteiger partial charge is 0.497 e. The molecule has 2 aliphatic heterocycles. The minimum Gasteiger partial charge on any atom is -0.497 e.